The van der Waals surface area contributed by atoms with E-state index in [4.69, 9.17) is 21.8 Å². The highest BCUT2D eigenvalue weighted by Crippen LogP contribution is 2.42. The van der Waals surface area contributed by atoms with Crippen LogP contribution in [0.1, 0.15) is 43.4 Å². The normalized spacial score (nSPS) is 16.0. The monoisotopic (exact) mass is 518 g/mol. The standard InChI is InChI=1S/C22H25ClN2OS.C4H6O4/c1-22(2)17-5-3-4-6-19(17)25(21(22)26)13-14-27-20-16-10-12-24-11-9-15(16)7-8-18(20)23;5-3(6)1-2-4(7)8/h3-8,24H,9-14H2,1-2H3;1-2H2,(H,5,6)(H,7,8). The summed E-state index contributed by atoms with van der Waals surface area (Å²) < 4.78 is 0. The lowest BCUT2D eigenvalue weighted by Gasteiger charge is -2.21. The third-order valence-electron chi connectivity index (χ3n) is 6.19. The van der Waals surface area contributed by atoms with E-state index in [9.17, 15) is 14.4 Å². The molecular weight excluding hydrogens is 488 g/mol. The first-order valence-corrected chi connectivity index (χ1v) is 13.0. The van der Waals surface area contributed by atoms with Gasteiger partial charge in [-0.3, -0.25) is 14.4 Å². The molecule has 2 aromatic carbocycles. The predicted octanol–water partition coefficient (Wildman–Crippen LogP) is 4.38. The van der Waals surface area contributed by atoms with Gasteiger partial charge in [0.25, 0.3) is 0 Å². The molecule has 35 heavy (non-hydrogen) atoms. The second kappa shape index (κ2) is 11.9. The van der Waals surface area contributed by atoms with E-state index < -0.39 is 17.4 Å². The molecule has 2 aromatic rings. The number of nitrogens with one attached hydrogen (secondary N) is 1. The Morgan fingerprint density at radius 3 is 2.40 bits per heavy atom. The first-order chi connectivity index (χ1) is 16.6. The van der Waals surface area contributed by atoms with Crippen LogP contribution >= 0.6 is 23.4 Å². The molecule has 7 nitrogen and oxygen atoms in total. The molecule has 2 aliphatic rings. The second-order valence-electron chi connectivity index (χ2n) is 9.00. The Bertz CT molecular complexity index is 1090. The Morgan fingerprint density at radius 2 is 1.71 bits per heavy atom. The Hall–Kier alpha value is -2.55. The number of thioether (sulfide) groups is 1. The third-order valence-corrected chi connectivity index (χ3v) is 7.76. The van der Waals surface area contributed by atoms with Gasteiger partial charge in [-0.15, -0.1) is 11.8 Å². The van der Waals surface area contributed by atoms with Crippen LogP contribution in [-0.2, 0) is 32.6 Å². The molecule has 0 bridgehead atoms. The zero-order valence-corrected chi connectivity index (χ0v) is 21.5. The Kier molecular flexibility index (Phi) is 9.21. The van der Waals surface area contributed by atoms with Crippen LogP contribution in [0.2, 0.25) is 5.02 Å². The number of rotatable bonds is 7. The SMILES string of the molecule is CC1(C)C(=O)N(CCSc2c(Cl)ccc3c2CCNCC3)c2ccccc21.O=C(O)CCC(=O)O. The van der Waals surface area contributed by atoms with Crippen molar-refractivity contribution in [1.82, 2.24) is 5.32 Å². The van der Waals surface area contributed by atoms with E-state index in [1.165, 1.54) is 16.0 Å². The molecule has 0 atom stereocenters. The highest BCUT2D eigenvalue weighted by molar-refractivity contribution is 7.99. The van der Waals surface area contributed by atoms with Crippen LogP contribution in [0.4, 0.5) is 5.69 Å². The van der Waals surface area contributed by atoms with E-state index in [-0.39, 0.29) is 18.7 Å². The summed E-state index contributed by atoms with van der Waals surface area (Å²) >= 11 is 8.32. The van der Waals surface area contributed by atoms with Crippen molar-refractivity contribution in [3.8, 4) is 0 Å². The van der Waals surface area contributed by atoms with Crippen molar-refractivity contribution in [2.24, 2.45) is 0 Å². The smallest absolute Gasteiger partial charge is 0.303 e. The second-order valence-corrected chi connectivity index (χ2v) is 10.5. The molecule has 0 fully saturated rings. The number of halogens is 1. The van der Waals surface area contributed by atoms with Gasteiger partial charge >= 0.3 is 11.9 Å². The van der Waals surface area contributed by atoms with Crippen LogP contribution < -0.4 is 10.2 Å². The summed E-state index contributed by atoms with van der Waals surface area (Å²) in [5.74, 6) is -1.13. The number of amides is 1. The lowest BCUT2D eigenvalue weighted by molar-refractivity contribution is -0.143. The number of carbonyl (C=O) groups is 3. The highest BCUT2D eigenvalue weighted by Gasteiger charge is 2.43. The van der Waals surface area contributed by atoms with Gasteiger partial charge in [0.15, 0.2) is 0 Å². The molecule has 4 rings (SSSR count). The van der Waals surface area contributed by atoms with Gasteiger partial charge < -0.3 is 20.4 Å². The zero-order chi connectivity index (χ0) is 25.6. The summed E-state index contributed by atoms with van der Waals surface area (Å²) in [4.78, 5) is 35.4. The van der Waals surface area contributed by atoms with Crippen molar-refractivity contribution in [2.45, 2.75) is 49.8 Å². The Morgan fingerprint density at radius 1 is 1.06 bits per heavy atom. The van der Waals surface area contributed by atoms with Crippen LogP contribution in [0.25, 0.3) is 0 Å². The molecule has 0 unspecified atom stereocenters. The number of fused-ring (bicyclic) bond motifs is 2. The maximum atomic E-state index is 13.0. The van der Waals surface area contributed by atoms with E-state index >= 15 is 0 Å². The minimum absolute atomic E-state index is 0.187. The molecule has 1 amide bonds. The molecule has 0 radical (unpaired) electrons. The lowest BCUT2D eigenvalue weighted by Crippen LogP contribution is -2.37. The van der Waals surface area contributed by atoms with E-state index in [1.807, 2.05) is 36.9 Å². The average molecular weight is 519 g/mol. The number of nitrogens with zero attached hydrogens (tertiary/aromatic N) is 1. The van der Waals surface area contributed by atoms with E-state index in [1.54, 1.807) is 11.8 Å². The number of carboxylic acid groups (broad SMARTS) is 2. The average Bonchev–Trinajstić information content (AvgIpc) is 2.98. The summed E-state index contributed by atoms with van der Waals surface area (Å²) in [5.41, 5.74) is 4.50. The summed E-state index contributed by atoms with van der Waals surface area (Å²) in [6.45, 7) is 6.74. The molecular formula is C26H31ClN2O5S. The van der Waals surface area contributed by atoms with Crippen molar-refractivity contribution in [1.29, 1.82) is 0 Å². The van der Waals surface area contributed by atoms with Gasteiger partial charge in [-0.2, -0.15) is 0 Å². The molecule has 2 heterocycles. The fourth-order valence-electron chi connectivity index (χ4n) is 4.34. The molecule has 3 N–H and O–H groups in total. The molecule has 9 heteroatoms. The third kappa shape index (κ3) is 6.57. The van der Waals surface area contributed by atoms with Gasteiger partial charge in [0.1, 0.15) is 0 Å². The van der Waals surface area contributed by atoms with Crippen LogP contribution in [-0.4, -0.2) is 53.4 Å². The van der Waals surface area contributed by atoms with Crippen molar-refractivity contribution in [3.05, 3.63) is 58.1 Å². The number of hydrogen-bond donors (Lipinski definition) is 3. The fourth-order valence-corrected chi connectivity index (χ4v) is 5.77. The summed E-state index contributed by atoms with van der Waals surface area (Å²) in [7, 11) is 0. The molecule has 0 aromatic heterocycles. The highest BCUT2D eigenvalue weighted by atomic mass is 35.5. The number of para-hydroxylation sites is 1. The van der Waals surface area contributed by atoms with Crippen molar-refractivity contribution in [2.75, 3.05) is 30.3 Å². The maximum absolute atomic E-state index is 13.0. The quantitative estimate of drug-likeness (QED) is 0.467. The maximum Gasteiger partial charge on any atom is 0.303 e. The fraction of sp³-hybridized carbons (Fsp3) is 0.423. The van der Waals surface area contributed by atoms with Crippen molar-refractivity contribution in [3.63, 3.8) is 0 Å². The molecule has 188 valence electrons. The minimum Gasteiger partial charge on any atom is -0.481 e. The molecule has 0 saturated carbocycles. The molecule has 2 aliphatic heterocycles. The van der Waals surface area contributed by atoms with Gasteiger partial charge in [0.2, 0.25) is 5.91 Å². The summed E-state index contributed by atoms with van der Waals surface area (Å²) in [6, 6.07) is 12.3. The van der Waals surface area contributed by atoms with Crippen LogP contribution in [0.15, 0.2) is 41.3 Å². The van der Waals surface area contributed by atoms with Gasteiger partial charge in [-0.05, 0) is 68.6 Å². The number of carboxylic acids is 2. The van der Waals surface area contributed by atoms with E-state index in [0.717, 1.165) is 48.0 Å². The molecule has 0 spiro atoms. The Labute approximate surface area is 214 Å². The number of carbonyl (C=O) groups excluding carboxylic acids is 1. The largest absolute Gasteiger partial charge is 0.481 e. The van der Waals surface area contributed by atoms with Crippen molar-refractivity contribution < 1.29 is 24.6 Å². The number of benzene rings is 2. The minimum atomic E-state index is -1.08. The van der Waals surface area contributed by atoms with Crippen molar-refractivity contribution >= 4 is 46.9 Å². The summed E-state index contributed by atoms with van der Waals surface area (Å²) in [6.07, 6.45) is 1.47. The van der Waals surface area contributed by atoms with Crippen LogP contribution in [0.3, 0.4) is 0 Å². The van der Waals surface area contributed by atoms with Gasteiger partial charge in [0.05, 0.1) is 23.3 Å². The van der Waals surface area contributed by atoms with Crippen LogP contribution in [0, 0.1) is 0 Å². The van der Waals surface area contributed by atoms with E-state index in [0.29, 0.717) is 6.54 Å². The van der Waals surface area contributed by atoms with Gasteiger partial charge in [-0.25, -0.2) is 0 Å². The van der Waals surface area contributed by atoms with Crippen LogP contribution in [0.5, 0.6) is 0 Å². The first-order valence-electron chi connectivity index (χ1n) is 11.6. The van der Waals surface area contributed by atoms with Gasteiger partial charge in [-0.1, -0.05) is 35.9 Å². The first kappa shape index (κ1) is 27.0. The van der Waals surface area contributed by atoms with E-state index in [2.05, 4.69) is 23.5 Å². The zero-order valence-electron chi connectivity index (χ0n) is 20.0. The topological polar surface area (TPSA) is 107 Å². The molecule has 0 aliphatic carbocycles. The molecule has 0 saturated heterocycles. The number of aliphatic carboxylic acids is 2. The number of hydrogen-bond acceptors (Lipinski definition) is 5. The lowest BCUT2D eigenvalue weighted by atomic mass is 9.86. The van der Waals surface area contributed by atoms with Gasteiger partial charge in [0, 0.05) is 22.9 Å². The Balaban J connectivity index is 0.000000371. The summed E-state index contributed by atoms with van der Waals surface area (Å²) in [5, 5.41) is 20.1. The number of anilines is 1. The predicted molar refractivity (Wildman–Crippen MR) is 139 cm³/mol.